The first-order valence-electron chi connectivity index (χ1n) is 10.6. The van der Waals surface area contributed by atoms with Crippen LogP contribution in [0.15, 0.2) is 60.0 Å². The molecule has 4 rings (SSSR count). The molecule has 0 bridgehead atoms. The molecule has 0 atom stereocenters. The van der Waals surface area contributed by atoms with E-state index < -0.39 is 0 Å². The molecule has 2 aromatic heterocycles. The van der Waals surface area contributed by atoms with Crippen LogP contribution in [0.4, 0.5) is 0 Å². The summed E-state index contributed by atoms with van der Waals surface area (Å²) in [6.07, 6.45) is 1.63. The number of ether oxygens (including phenoxy) is 1. The molecule has 160 valence electrons. The van der Waals surface area contributed by atoms with Crippen molar-refractivity contribution in [2.45, 2.75) is 33.2 Å². The molecule has 0 fully saturated rings. The van der Waals surface area contributed by atoms with Crippen molar-refractivity contribution in [3.05, 3.63) is 81.8 Å². The molecule has 0 spiro atoms. The van der Waals surface area contributed by atoms with E-state index in [4.69, 9.17) is 9.72 Å². The van der Waals surface area contributed by atoms with Gasteiger partial charge in [-0.25, -0.2) is 4.98 Å². The van der Waals surface area contributed by atoms with Crippen molar-refractivity contribution in [3.8, 4) is 5.75 Å². The third-order valence-electron chi connectivity index (χ3n) is 5.12. The van der Waals surface area contributed by atoms with E-state index in [0.717, 1.165) is 46.9 Å². The number of aromatic nitrogens is 2. The average molecular weight is 434 g/mol. The van der Waals surface area contributed by atoms with Crippen LogP contribution in [0.2, 0.25) is 0 Å². The summed E-state index contributed by atoms with van der Waals surface area (Å²) in [5.74, 6) is 1.92. The monoisotopic (exact) mass is 433 g/mol. The SMILES string of the molecule is Cc1cc(C)cc(OCCn2c(CCCNC(=O)c3cccs3)nc3ccccc32)c1. The molecule has 2 heterocycles. The number of rotatable bonds is 9. The first-order chi connectivity index (χ1) is 15.1. The number of benzene rings is 2. The van der Waals surface area contributed by atoms with E-state index in [1.807, 2.05) is 35.7 Å². The number of carbonyl (C=O) groups is 1. The molecule has 0 saturated heterocycles. The van der Waals surface area contributed by atoms with E-state index in [0.29, 0.717) is 13.2 Å². The van der Waals surface area contributed by atoms with Gasteiger partial charge in [0.15, 0.2) is 0 Å². The molecule has 0 aliphatic carbocycles. The Morgan fingerprint density at radius 2 is 1.90 bits per heavy atom. The predicted molar refractivity (Wildman–Crippen MR) is 126 cm³/mol. The summed E-state index contributed by atoms with van der Waals surface area (Å²) in [4.78, 5) is 17.7. The third kappa shape index (κ3) is 5.33. The Morgan fingerprint density at radius 3 is 2.68 bits per heavy atom. The molecule has 0 saturated carbocycles. The quantitative estimate of drug-likeness (QED) is 0.371. The first-order valence-corrected chi connectivity index (χ1v) is 11.4. The Balaban J connectivity index is 1.38. The number of carbonyl (C=O) groups excluding carboxylic acids is 1. The lowest BCUT2D eigenvalue weighted by atomic mass is 10.1. The van der Waals surface area contributed by atoms with E-state index in [9.17, 15) is 4.79 Å². The molecule has 4 aromatic rings. The Hall–Kier alpha value is -3.12. The Morgan fingerprint density at radius 1 is 1.10 bits per heavy atom. The van der Waals surface area contributed by atoms with Gasteiger partial charge in [0.25, 0.3) is 5.91 Å². The highest BCUT2D eigenvalue weighted by Crippen LogP contribution is 2.19. The Kier molecular flexibility index (Phi) is 6.67. The van der Waals surface area contributed by atoms with Gasteiger partial charge in [0.1, 0.15) is 18.2 Å². The Bertz CT molecular complexity index is 1140. The fourth-order valence-corrected chi connectivity index (χ4v) is 4.42. The molecule has 0 aliphatic rings. The molecule has 1 N–H and O–H groups in total. The molecule has 0 aliphatic heterocycles. The van der Waals surface area contributed by atoms with Gasteiger partial charge in [0, 0.05) is 13.0 Å². The summed E-state index contributed by atoms with van der Waals surface area (Å²) >= 11 is 1.46. The first kappa shape index (κ1) is 21.1. The van der Waals surface area contributed by atoms with Gasteiger partial charge in [-0.1, -0.05) is 24.3 Å². The van der Waals surface area contributed by atoms with Crippen LogP contribution in [-0.2, 0) is 13.0 Å². The number of thiophene rings is 1. The van der Waals surface area contributed by atoms with Crippen LogP contribution in [-0.4, -0.2) is 28.6 Å². The number of nitrogens with zero attached hydrogens (tertiary/aromatic N) is 2. The highest BCUT2D eigenvalue weighted by molar-refractivity contribution is 7.12. The van der Waals surface area contributed by atoms with Gasteiger partial charge in [0.2, 0.25) is 0 Å². The highest BCUT2D eigenvalue weighted by Gasteiger charge is 2.11. The van der Waals surface area contributed by atoms with E-state index >= 15 is 0 Å². The lowest BCUT2D eigenvalue weighted by Gasteiger charge is -2.12. The standard InChI is InChI=1S/C25H27N3O2S/c1-18-15-19(2)17-20(16-18)30-13-12-28-22-8-4-3-7-21(22)27-24(28)10-5-11-26-25(29)23-9-6-14-31-23/h3-4,6-9,14-17H,5,10-13H2,1-2H3,(H,26,29). The van der Waals surface area contributed by atoms with Crippen molar-refractivity contribution in [2.24, 2.45) is 0 Å². The summed E-state index contributed by atoms with van der Waals surface area (Å²) in [6.45, 7) is 6.09. The maximum Gasteiger partial charge on any atom is 0.261 e. The van der Waals surface area contributed by atoms with Crippen molar-refractivity contribution in [1.82, 2.24) is 14.9 Å². The Labute approximate surface area is 186 Å². The normalized spacial score (nSPS) is 11.0. The number of fused-ring (bicyclic) bond motifs is 1. The molecule has 2 aromatic carbocycles. The van der Waals surface area contributed by atoms with Crippen LogP contribution >= 0.6 is 11.3 Å². The third-order valence-corrected chi connectivity index (χ3v) is 5.99. The number of hydrogen-bond donors (Lipinski definition) is 1. The molecule has 6 heteroatoms. The van der Waals surface area contributed by atoms with Crippen molar-refractivity contribution >= 4 is 28.3 Å². The van der Waals surface area contributed by atoms with E-state index in [2.05, 4.69) is 48.0 Å². The second-order valence-corrected chi connectivity index (χ2v) is 8.62. The highest BCUT2D eigenvalue weighted by atomic mass is 32.1. The van der Waals surface area contributed by atoms with E-state index in [1.165, 1.54) is 22.5 Å². The second kappa shape index (κ2) is 9.79. The number of aryl methyl sites for hydroxylation is 3. The van der Waals surface area contributed by atoms with Gasteiger partial charge in [0.05, 0.1) is 22.5 Å². The number of hydrogen-bond acceptors (Lipinski definition) is 4. The maximum absolute atomic E-state index is 12.1. The van der Waals surface area contributed by atoms with Gasteiger partial charge in [-0.05, 0) is 67.1 Å². The van der Waals surface area contributed by atoms with Crippen molar-refractivity contribution < 1.29 is 9.53 Å². The zero-order chi connectivity index (χ0) is 21.6. The van der Waals surface area contributed by atoms with E-state index in [-0.39, 0.29) is 5.91 Å². The van der Waals surface area contributed by atoms with Crippen molar-refractivity contribution in [1.29, 1.82) is 0 Å². The molecule has 1 amide bonds. The summed E-state index contributed by atoms with van der Waals surface area (Å²) in [6, 6.07) is 18.2. The summed E-state index contributed by atoms with van der Waals surface area (Å²) < 4.78 is 8.27. The van der Waals surface area contributed by atoms with Gasteiger partial charge in [-0.3, -0.25) is 4.79 Å². The molecule has 31 heavy (non-hydrogen) atoms. The van der Waals surface area contributed by atoms with Gasteiger partial charge < -0.3 is 14.6 Å². The zero-order valence-electron chi connectivity index (χ0n) is 17.9. The van der Waals surface area contributed by atoms with Gasteiger partial charge >= 0.3 is 0 Å². The van der Waals surface area contributed by atoms with Crippen molar-refractivity contribution in [3.63, 3.8) is 0 Å². The summed E-state index contributed by atoms with van der Waals surface area (Å²) in [5, 5.41) is 4.91. The van der Waals surface area contributed by atoms with Gasteiger partial charge in [-0.2, -0.15) is 0 Å². The topological polar surface area (TPSA) is 56.1 Å². The molecule has 0 unspecified atom stereocenters. The number of para-hydroxylation sites is 2. The van der Waals surface area contributed by atoms with E-state index in [1.54, 1.807) is 0 Å². The zero-order valence-corrected chi connectivity index (χ0v) is 18.7. The predicted octanol–water partition coefficient (Wildman–Crippen LogP) is 5.16. The largest absolute Gasteiger partial charge is 0.492 e. The van der Waals surface area contributed by atoms with Crippen molar-refractivity contribution in [2.75, 3.05) is 13.2 Å². The minimum Gasteiger partial charge on any atom is -0.492 e. The number of amides is 1. The maximum atomic E-state index is 12.1. The fourth-order valence-electron chi connectivity index (χ4n) is 3.78. The van der Waals surface area contributed by atoms with Crippen LogP contribution < -0.4 is 10.1 Å². The fraction of sp³-hybridized carbons (Fsp3) is 0.280. The van der Waals surface area contributed by atoms with Crippen LogP contribution in [0.3, 0.4) is 0 Å². The lowest BCUT2D eigenvalue weighted by molar-refractivity contribution is 0.0957. The minimum atomic E-state index is -0.00893. The average Bonchev–Trinajstić information content (AvgIpc) is 3.39. The molecule has 5 nitrogen and oxygen atoms in total. The summed E-state index contributed by atoms with van der Waals surface area (Å²) in [7, 11) is 0. The minimum absolute atomic E-state index is 0.00893. The number of imidazole rings is 1. The smallest absolute Gasteiger partial charge is 0.261 e. The van der Waals surface area contributed by atoms with Crippen LogP contribution in [0, 0.1) is 13.8 Å². The lowest BCUT2D eigenvalue weighted by Crippen LogP contribution is -2.24. The second-order valence-electron chi connectivity index (χ2n) is 7.68. The van der Waals surface area contributed by atoms with Crippen LogP contribution in [0.25, 0.3) is 11.0 Å². The summed E-state index contributed by atoms with van der Waals surface area (Å²) in [5.41, 5.74) is 4.51. The number of nitrogens with one attached hydrogen (secondary N) is 1. The molecular weight excluding hydrogens is 406 g/mol. The van der Waals surface area contributed by atoms with Crippen LogP contribution in [0.5, 0.6) is 5.75 Å². The molecular formula is C25H27N3O2S. The molecule has 0 radical (unpaired) electrons. The van der Waals surface area contributed by atoms with Gasteiger partial charge in [-0.15, -0.1) is 11.3 Å². The van der Waals surface area contributed by atoms with Crippen LogP contribution in [0.1, 0.15) is 33.0 Å².